The van der Waals surface area contributed by atoms with E-state index in [-0.39, 0.29) is 0 Å². The van der Waals surface area contributed by atoms with E-state index < -0.39 is 0 Å². The van der Waals surface area contributed by atoms with Crippen LogP contribution in [0.25, 0.3) is 4.98 Å². The minimum absolute atomic E-state index is 0.353. The molecule has 0 fully saturated rings. The Morgan fingerprint density at radius 1 is 1.35 bits per heavy atom. The van der Waals surface area contributed by atoms with E-state index >= 15 is 0 Å². The number of methoxy groups -OCH3 is 1. The number of diazo groups is 1. The Bertz CT molecular complexity index is 571. The molecule has 2 aromatic rings. The van der Waals surface area contributed by atoms with Crippen molar-refractivity contribution in [2.75, 3.05) is 7.11 Å². The minimum Gasteiger partial charge on any atom is -0.489 e. The fraction of sp³-hybridized carbons (Fsp3) is 0.182. The van der Waals surface area contributed by atoms with Crippen LogP contribution in [0.1, 0.15) is 0 Å². The first-order valence-corrected chi connectivity index (χ1v) is 4.92. The van der Waals surface area contributed by atoms with Gasteiger partial charge in [-0.25, -0.2) is 0 Å². The van der Waals surface area contributed by atoms with Crippen molar-refractivity contribution in [2.24, 2.45) is 7.05 Å². The summed E-state index contributed by atoms with van der Waals surface area (Å²) in [4.78, 5) is 3.10. The van der Waals surface area contributed by atoms with Crippen molar-refractivity contribution in [1.29, 1.82) is 5.39 Å². The fourth-order valence-electron chi connectivity index (χ4n) is 1.39. The Labute approximate surface area is 98.0 Å². The summed E-state index contributed by atoms with van der Waals surface area (Å²) in [6, 6.07) is 4.93. The molecule has 0 aliphatic heterocycles. The molecule has 17 heavy (non-hydrogen) atoms. The summed E-state index contributed by atoms with van der Waals surface area (Å²) in [7, 11) is 3.30. The van der Waals surface area contributed by atoms with Crippen molar-refractivity contribution in [3.05, 3.63) is 35.6 Å². The van der Waals surface area contributed by atoms with Gasteiger partial charge < -0.3 is 9.47 Å². The molecular weight excluding hydrogens is 220 g/mol. The molecule has 0 N–H and O–H groups in total. The molecule has 86 valence electrons. The largest absolute Gasteiger partial charge is 0.489 e. The third-order valence-electron chi connectivity index (χ3n) is 2.18. The Morgan fingerprint density at radius 3 is 2.76 bits per heavy atom. The van der Waals surface area contributed by atoms with E-state index in [4.69, 9.17) is 14.9 Å². The van der Waals surface area contributed by atoms with Gasteiger partial charge in [-0.1, -0.05) is 0 Å². The van der Waals surface area contributed by atoms with Crippen molar-refractivity contribution in [2.45, 2.75) is 0 Å². The van der Waals surface area contributed by atoms with Gasteiger partial charge in [0.25, 0.3) is 0 Å². The van der Waals surface area contributed by atoms with Gasteiger partial charge in [0.05, 0.1) is 19.5 Å². The van der Waals surface area contributed by atoms with Crippen LogP contribution in [0.4, 0.5) is 5.69 Å². The second-order valence-corrected chi connectivity index (χ2v) is 3.39. The zero-order chi connectivity index (χ0) is 12.3. The average molecular weight is 231 g/mol. The number of rotatable bonds is 3. The van der Waals surface area contributed by atoms with Gasteiger partial charge in [0.2, 0.25) is 11.1 Å². The Hall–Kier alpha value is -2.55. The van der Waals surface area contributed by atoms with E-state index in [2.05, 4.69) is 10.1 Å². The summed E-state index contributed by atoms with van der Waals surface area (Å²) in [5.41, 5.74) is 0.353. The van der Waals surface area contributed by atoms with E-state index in [0.717, 1.165) is 0 Å². The third kappa shape index (κ3) is 2.34. The number of hydrogen-bond donors (Lipinski definition) is 0. The molecule has 0 aliphatic carbocycles. The lowest BCUT2D eigenvalue weighted by atomic mass is 10.3. The molecule has 0 atom stereocenters. The molecule has 6 heteroatoms. The lowest BCUT2D eigenvalue weighted by Crippen LogP contribution is -1.87. The number of benzene rings is 1. The average Bonchev–Trinajstić information content (AvgIpc) is 2.74. The topological polar surface area (TPSA) is 64.4 Å². The van der Waals surface area contributed by atoms with Crippen LogP contribution in [0, 0.1) is 5.39 Å². The van der Waals surface area contributed by atoms with Crippen LogP contribution in [0.3, 0.4) is 0 Å². The van der Waals surface area contributed by atoms with E-state index in [1.54, 1.807) is 42.3 Å². The van der Waals surface area contributed by atoms with Crippen LogP contribution >= 0.6 is 0 Å². The van der Waals surface area contributed by atoms with Crippen LogP contribution < -0.4 is 9.47 Å². The first-order valence-electron chi connectivity index (χ1n) is 4.92. The number of ether oxygens (including phenoxy) is 2. The second kappa shape index (κ2) is 4.53. The first kappa shape index (κ1) is 11.0. The molecule has 0 unspecified atom stereocenters. The van der Waals surface area contributed by atoms with Crippen LogP contribution in [0.2, 0.25) is 0 Å². The molecule has 1 aromatic carbocycles. The van der Waals surface area contributed by atoms with Gasteiger partial charge >= 0.3 is 5.69 Å². The Kier molecular flexibility index (Phi) is 2.92. The maximum atomic E-state index is 8.72. The highest BCUT2D eigenvalue weighted by Gasteiger charge is 2.15. The Morgan fingerprint density at radius 2 is 2.18 bits per heavy atom. The third-order valence-corrected chi connectivity index (χ3v) is 2.18. The summed E-state index contributed by atoms with van der Waals surface area (Å²) in [6.45, 7) is 0. The van der Waals surface area contributed by atoms with Crippen LogP contribution in [-0.4, -0.2) is 16.9 Å². The van der Waals surface area contributed by atoms with Crippen molar-refractivity contribution in [3.8, 4) is 17.2 Å². The minimum atomic E-state index is 0.353. The predicted molar refractivity (Wildman–Crippen MR) is 61.0 cm³/mol. The van der Waals surface area contributed by atoms with E-state index in [0.29, 0.717) is 22.9 Å². The van der Waals surface area contributed by atoms with Gasteiger partial charge in [-0.05, 0) is 6.07 Å². The number of nitrogens with zero attached hydrogens (tertiary/aromatic N) is 4. The highest BCUT2D eigenvalue weighted by atomic mass is 16.5. The van der Waals surface area contributed by atoms with Crippen molar-refractivity contribution in [1.82, 2.24) is 9.78 Å². The van der Waals surface area contributed by atoms with Crippen molar-refractivity contribution >= 4 is 5.69 Å². The maximum absolute atomic E-state index is 8.72. The van der Waals surface area contributed by atoms with Crippen LogP contribution in [0.5, 0.6) is 17.2 Å². The summed E-state index contributed by atoms with van der Waals surface area (Å²) in [6.07, 6.45) is 3.35. The lowest BCUT2D eigenvalue weighted by Gasteiger charge is -2.03. The van der Waals surface area contributed by atoms with Gasteiger partial charge in [-0.3, -0.25) is 4.68 Å². The molecule has 1 heterocycles. The predicted octanol–water partition coefficient (Wildman–Crippen LogP) is 2.71. The van der Waals surface area contributed by atoms with Crippen molar-refractivity contribution < 1.29 is 9.47 Å². The Balaban J connectivity index is 2.25. The van der Waals surface area contributed by atoms with Gasteiger partial charge in [-0.15, -0.1) is 0 Å². The fourth-order valence-corrected chi connectivity index (χ4v) is 1.39. The molecule has 2 rings (SSSR count). The van der Waals surface area contributed by atoms with E-state index in [1.807, 2.05) is 0 Å². The number of aryl methyl sites for hydroxylation is 1. The van der Waals surface area contributed by atoms with Gasteiger partial charge in [0, 0.05) is 19.2 Å². The normalized spacial score (nSPS) is 9.71. The SMILES string of the molecule is COc1cc(Oc2cnn(C)c2)ccc1[N+]#N. The molecule has 0 radical (unpaired) electrons. The number of aromatic nitrogens is 2. The lowest BCUT2D eigenvalue weighted by molar-refractivity contribution is 0.411. The van der Waals surface area contributed by atoms with Gasteiger partial charge in [-0.2, -0.15) is 5.10 Å². The van der Waals surface area contributed by atoms with Crippen LogP contribution in [0.15, 0.2) is 30.6 Å². The molecule has 0 bridgehead atoms. The highest BCUT2D eigenvalue weighted by molar-refractivity contribution is 5.59. The molecular formula is C11H11N4O2+. The first-order chi connectivity index (χ1) is 8.22. The molecule has 0 spiro atoms. The van der Waals surface area contributed by atoms with Crippen LogP contribution in [-0.2, 0) is 7.05 Å². The summed E-state index contributed by atoms with van der Waals surface area (Å²) >= 11 is 0. The summed E-state index contributed by atoms with van der Waals surface area (Å²) in [5, 5.41) is 12.7. The zero-order valence-electron chi connectivity index (χ0n) is 9.49. The number of hydrogen-bond acceptors (Lipinski definition) is 4. The second-order valence-electron chi connectivity index (χ2n) is 3.39. The smallest absolute Gasteiger partial charge is 0.426 e. The summed E-state index contributed by atoms with van der Waals surface area (Å²) in [5.74, 6) is 1.65. The molecule has 6 nitrogen and oxygen atoms in total. The highest BCUT2D eigenvalue weighted by Crippen LogP contribution is 2.33. The molecule has 1 aromatic heterocycles. The maximum Gasteiger partial charge on any atom is 0.426 e. The molecule has 0 saturated heterocycles. The van der Waals surface area contributed by atoms with E-state index in [1.165, 1.54) is 7.11 Å². The van der Waals surface area contributed by atoms with E-state index in [9.17, 15) is 0 Å². The molecule has 0 amide bonds. The standard InChI is InChI=1S/C11H11N4O2/c1-15-7-9(6-13-15)17-8-3-4-10(14-12)11(5-8)16-2/h3-7H,1-2H3/q+1. The monoisotopic (exact) mass is 231 g/mol. The zero-order valence-corrected chi connectivity index (χ0v) is 9.49. The summed E-state index contributed by atoms with van der Waals surface area (Å²) < 4.78 is 12.3. The van der Waals surface area contributed by atoms with Crippen molar-refractivity contribution in [3.63, 3.8) is 0 Å². The molecule has 0 saturated carbocycles. The molecule has 0 aliphatic rings. The quantitative estimate of drug-likeness (QED) is 0.762. The van der Waals surface area contributed by atoms with Gasteiger partial charge in [0.1, 0.15) is 5.75 Å². The van der Waals surface area contributed by atoms with Gasteiger partial charge in [0.15, 0.2) is 10.7 Å².